The van der Waals surface area contributed by atoms with E-state index in [9.17, 15) is 4.79 Å². The molecule has 0 radical (unpaired) electrons. The molecule has 2 unspecified atom stereocenters. The Balaban J connectivity index is 1.93. The monoisotopic (exact) mass is 212 g/mol. The summed E-state index contributed by atoms with van der Waals surface area (Å²) in [5.74, 6) is 0.538. The summed E-state index contributed by atoms with van der Waals surface area (Å²) in [4.78, 5) is 13.2. The zero-order valence-electron chi connectivity index (χ0n) is 9.44. The Labute approximate surface area is 90.6 Å². The summed E-state index contributed by atoms with van der Waals surface area (Å²) in [7, 11) is 0. The molecule has 0 spiro atoms. The maximum absolute atomic E-state index is 10.9. The zero-order valence-corrected chi connectivity index (χ0v) is 9.44. The predicted octanol–water partition coefficient (Wildman–Crippen LogP) is 0.247. The summed E-state index contributed by atoms with van der Waals surface area (Å²) in [6.45, 7) is 8.18. The van der Waals surface area contributed by atoms with E-state index < -0.39 is 5.97 Å². The number of hydrogen-bond donors (Lipinski definition) is 2. The van der Waals surface area contributed by atoms with Crippen molar-refractivity contribution in [3.05, 3.63) is 0 Å². The van der Waals surface area contributed by atoms with E-state index >= 15 is 0 Å². The Hall–Kier alpha value is -0.610. The van der Waals surface area contributed by atoms with E-state index in [2.05, 4.69) is 10.2 Å². The third-order valence-corrected chi connectivity index (χ3v) is 4.11. The molecule has 0 bridgehead atoms. The van der Waals surface area contributed by atoms with Crippen LogP contribution in [0, 0.1) is 17.8 Å². The summed E-state index contributed by atoms with van der Waals surface area (Å²) >= 11 is 0. The number of nitrogens with one attached hydrogen (secondary N) is 1. The Kier molecular flexibility index (Phi) is 2.98. The molecule has 2 aliphatic heterocycles. The van der Waals surface area contributed by atoms with Gasteiger partial charge in [0.25, 0.3) is 0 Å². The topological polar surface area (TPSA) is 52.6 Å². The maximum Gasteiger partial charge on any atom is 0.307 e. The van der Waals surface area contributed by atoms with Crippen LogP contribution in [0.2, 0.25) is 0 Å². The molecular weight excluding hydrogens is 192 g/mol. The van der Waals surface area contributed by atoms with Crippen LogP contribution in [0.1, 0.15) is 13.8 Å². The highest BCUT2D eigenvalue weighted by molar-refractivity contribution is 5.70. The molecule has 4 heteroatoms. The van der Waals surface area contributed by atoms with Gasteiger partial charge in [-0.3, -0.25) is 9.69 Å². The van der Waals surface area contributed by atoms with Crippen molar-refractivity contribution >= 4 is 5.97 Å². The third kappa shape index (κ3) is 2.01. The van der Waals surface area contributed by atoms with Gasteiger partial charge in [-0.1, -0.05) is 6.92 Å². The van der Waals surface area contributed by atoms with Crippen molar-refractivity contribution in [1.82, 2.24) is 10.2 Å². The molecule has 2 N–H and O–H groups in total. The van der Waals surface area contributed by atoms with Crippen molar-refractivity contribution in [3.8, 4) is 0 Å². The third-order valence-electron chi connectivity index (χ3n) is 4.11. The number of carbonyl (C=O) groups is 1. The Morgan fingerprint density at radius 2 is 1.87 bits per heavy atom. The number of fused-ring (bicyclic) bond motifs is 1. The highest BCUT2D eigenvalue weighted by atomic mass is 16.4. The number of carboxylic acids is 1. The lowest BCUT2D eigenvalue weighted by molar-refractivity contribution is -0.143. The van der Waals surface area contributed by atoms with Gasteiger partial charge in [0.15, 0.2) is 0 Å². The van der Waals surface area contributed by atoms with Crippen molar-refractivity contribution < 1.29 is 9.90 Å². The van der Waals surface area contributed by atoms with E-state index in [0.29, 0.717) is 0 Å². The van der Waals surface area contributed by atoms with Crippen molar-refractivity contribution in [2.45, 2.75) is 19.9 Å². The van der Waals surface area contributed by atoms with E-state index in [1.54, 1.807) is 6.92 Å². The molecule has 2 fully saturated rings. The SMILES string of the molecule is CC(C(=O)O)C(C)N1C[C@H]2CNC[C@H]2C1. The van der Waals surface area contributed by atoms with E-state index in [-0.39, 0.29) is 12.0 Å². The summed E-state index contributed by atoms with van der Waals surface area (Å²) in [6.07, 6.45) is 0. The number of carboxylic acid groups (broad SMARTS) is 1. The second-order valence-electron chi connectivity index (χ2n) is 5.00. The molecule has 2 rings (SSSR count). The molecule has 15 heavy (non-hydrogen) atoms. The number of hydrogen-bond acceptors (Lipinski definition) is 3. The first-order valence-corrected chi connectivity index (χ1v) is 5.77. The molecule has 2 saturated heterocycles. The minimum absolute atomic E-state index is 0.160. The number of rotatable bonds is 3. The first-order valence-electron chi connectivity index (χ1n) is 5.77. The fraction of sp³-hybridized carbons (Fsp3) is 0.909. The molecular formula is C11H20N2O2. The smallest absolute Gasteiger partial charge is 0.307 e. The van der Waals surface area contributed by atoms with E-state index in [0.717, 1.165) is 38.0 Å². The second kappa shape index (κ2) is 4.10. The molecule has 86 valence electrons. The van der Waals surface area contributed by atoms with E-state index in [1.165, 1.54) is 0 Å². The molecule has 0 aliphatic carbocycles. The van der Waals surface area contributed by atoms with Crippen LogP contribution < -0.4 is 5.32 Å². The summed E-state index contributed by atoms with van der Waals surface area (Å²) in [5.41, 5.74) is 0. The highest BCUT2D eigenvalue weighted by Gasteiger charge is 2.39. The van der Waals surface area contributed by atoms with Crippen LogP contribution in [0.25, 0.3) is 0 Å². The summed E-state index contributed by atoms with van der Waals surface area (Å²) < 4.78 is 0. The highest BCUT2D eigenvalue weighted by Crippen LogP contribution is 2.29. The first-order chi connectivity index (χ1) is 7.09. The quantitative estimate of drug-likeness (QED) is 0.704. The van der Waals surface area contributed by atoms with Crippen molar-refractivity contribution in [2.24, 2.45) is 17.8 Å². The van der Waals surface area contributed by atoms with Crippen molar-refractivity contribution in [1.29, 1.82) is 0 Å². The van der Waals surface area contributed by atoms with Gasteiger partial charge in [-0.05, 0) is 31.8 Å². The Morgan fingerprint density at radius 1 is 1.33 bits per heavy atom. The van der Waals surface area contributed by atoms with E-state index in [4.69, 9.17) is 5.11 Å². The van der Waals surface area contributed by atoms with Crippen LogP contribution in [-0.2, 0) is 4.79 Å². The van der Waals surface area contributed by atoms with Crippen LogP contribution in [-0.4, -0.2) is 48.2 Å². The average molecular weight is 212 g/mol. The molecule has 0 saturated carbocycles. The zero-order chi connectivity index (χ0) is 11.0. The molecule has 0 aromatic rings. The van der Waals surface area contributed by atoms with Gasteiger partial charge >= 0.3 is 5.97 Å². The standard InChI is InChI=1S/C11H20N2O2/c1-7(11(14)15)8(2)13-5-9-3-12-4-10(9)6-13/h7-10,12H,3-6H2,1-2H3,(H,14,15)/t7?,8?,9-,10+. The predicted molar refractivity (Wildman–Crippen MR) is 57.7 cm³/mol. The Bertz CT molecular complexity index is 245. The number of nitrogens with zero attached hydrogens (tertiary/aromatic N) is 1. The Morgan fingerprint density at radius 3 is 2.33 bits per heavy atom. The van der Waals surface area contributed by atoms with Gasteiger partial charge in [-0.25, -0.2) is 0 Å². The number of aliphatic carboxylic acids is 1. The summed E-state index contributed by atoms with van der Waals surface area (Å²) in [5, 5.41) is 12.4. The van der Waals surface area contributed by atoms with Gasteiger partial charge in [-0.15, -0.1) is 0 Å². The van der Waals surface area contributed by atoms with Gasteiger partial charge in [0.1, 0.15) is 0 Å². The van der Waals surface area contributed by atoms with Gasteiger partial charge in [-0.2, -0.15) is 0 Å². The van der Waals surface area contributed by atoms with Gasteiger partial charge in [0.2, 0.25) is 0 Å². The van der Waals surface area contributed by atoms with Gasteiger partial charge in [0, 0.05) is 19.1 Å². The van der Waals surface area contributed by atoms with Crippen LogP contribution in [0.15, 0.2) is 0 Å². The fourth-order valence-corrected chi connectivity index (χ4v) is 2.75. The van der Waals surface area contributed by atoms with Crippen LogP contribution in [0.4, 0.5) is 0 Å². The minimum atomic E-state index is -0.683. The van der Waals surface area contributed by atoms with Gasteiger partial charge in [0.05, 0.1) is 5.92 Å². The first kappa shape index (κ1) is 10.9. The lowest BCUT2D eigenvalue weighted by Gasteiger charge is -2.28. The molecule has 0 aromatic carbocycles. The molecule has 2 heterocycles. The fourth-order valence-electron chi connectivity index (χ4n) is 2.75. The second-order valence-corrected chi connectivity index (χ2v) is 5.00. The summed E-state index contributed by atoms with van der Waals surface area (Å²) in [6, 6.07) is 0.160. The largest absolute Gasteiger partial charge is 0.481 e. The van der Waals surface area contributed by atoms with Crippen LogP contribution >= 0.6 is 0 Å². The molecule has 0 aromatic heterocycles. The minimum Gasteiger partial charge on any atom is -0.481 e. The average Bonchev–Trinajstić information content (AvgIpc) is 2.74. The lowest BCUT2D eigenvalue weighted by Crippen LogP contribution is -2.40. The molecule has 4 nitrogen and oxygen atoms in total. The lowest BCUT2D eigenvalue weighted by atomic mass is 10.0. The van der Waals surface area contributed by atoms with Crippen LogP contribution in [0.3, 0.4) is 0 Å². The normalized spacial score (nSPS) is 35.1. The molecule has 0 amide bonds. The molecule has 4 atom stereocenters. The van der Waals surface area contributed by atoms with Crippen molar-refractivity contribution in [2.75, 3.05) is 26.2 Å². The number of likely N-dealkylation sites (tertiary alicyclic amines) is 1. The van der Waals surface area contributed by atoms with E-state index in [1.807, 2.05) is 6.92 Å². The maximum atomic E-state index is 10.9. The van der Waals surface area contributed by atoms with Crippen molar-refractivity contribution in [3.63, 3.8) is 0 Å². The van der Waals surface area contributed by atoms with Gasteiger partial charge < -0.3 is 10.4 Å². The van der Waals surface area contributed by atoms with Crippen LogP contribution in [0.5, 0.6) is 0 Å². The molecule has 2 aliphatic rings.